The molecule has 4 heterocycles. The largest absolute Gasteiger partial charge is 0.465 e. The molecule has 0 atom stereocenters. The van der Waals surface area contributed by atoms with Crippen molar-refractivity contribution in [3.05, 3.63) is 41.7 Å². The number of pyridine rings is 1. The molecule has 1 aliphatic rings. The number of hydrogen-bond donors (Lipinski definition) is 0. The number of likely N-dealkylation sites (tertiary alicyclic amines) is 1. The van der Waals surface area contributed by atoms with E-state index in [2.05, 4.69) is 38.5 Å². The number of hydrogen-bond acceptors (Lipinski definition) is 6. The van der Waals surface area contributed by atoms with Crippen LogP contribution >= 0.6 is 0 Å². The van der Waals surface area contributed by atoms with Crippen molar-refractivity contribution in [2.24, 2.45) is 7.05 Å². The molecule has 7 nitrogen and oxygen atoms in total. The van der Waals surface area contributed by atoms with Gasteiger partial charge in [-0.1, -0.05) is 0 Å². The van der Waals surface area contributed by atoms with Crippen LogP contribution in [0.4, 0.5) is 5.82 Å². The maximum Gasteiger partial charge on any atom is 0.156 e. The Balaban J connectivity index is 1.51. The van der Waals surface area contributed by atoms with Crippen LogP contribution in [0.15, 0.2) is 28.9 Å². The predicted octanol–water partition coefficient (Wildman–Crippen LogP) is 3.33. The van der Waals surface area contributed by atoms with Gasteiger partial charge < -0.3 is 18.6 Å². The number of nitrogens with zero attached hydrogens (tertiary/aromatic N) is 5. The Morgan fingerprint density at radius 2 is 2.07 bits per heavy atom. The predicted molar refractivity (Wildman–Crippen MR) is 114 cm³/mol. The molecule has 4 rings (SSSR count). The van der Waals surface area contributed by atoms with Gasteiger partial charge in [-0.15, -0.1) is 0 Å². The van der Waals surface area contributed by atoms with Crippen molar-refractivity contribution in [1.29, 1.82) is 0 Å². The summed E-state index contributed by atoms with van der Waals surface area (Å²) in [4.78, 5) is 14.3. The molecular formula is C22H31N5O2. The number of anilines is 1. The number of aryl methyl sites for hydroxylation is 2. The van der Waals surface area contributed by atoms with Gasteiger partial charge in [-0.2, -0.15) is 0 Å². The minimum absolute atomic E-state index is 0.471. The zero-order valence-electron chi connectivity index (χ0n) is 17.9. The number of imidazole rings is 1. The number of aromatic nitrogens is 3. The smallest absolute Gasteiger partial charge is 0.156 e. The van der Waals surface area contributed by atoms with E-state index in [9.17, 15) is 0 Å². The lowest BCUT2D eigenvalue weighted by molar-refractivity contribution is 0.189. The van der Waals surface area contributed by atoms with E-state index in [1.807, 2.05) is 26.4 Å². The van der Waals surface area contributed by atoms with Crippen LogP contribution in [0.3, 0.4) is 0 Å². The van der Waals surface area contributed by atoms with Gasteiger partial charge in [0.25, 0.3) is 0 Å². The molecular weight excluding hydrogens is 366 g/mol. The van der Waals surface area contributed by atoms with Gasteiger partial charge in [0.2, 0.25) is 0 Å². The highest BCUT2D eigenvalue weighted by molar-refractivity contribution is 5.87. The molecule has 0 spiro atoms. The SMILES string of the molecule is COCCN(C)c1nc(C2CCN(Cc3ccc(C)o3)CC2)cc2c1ncn2C. The van der Waals surface area contributed by atoms with E-state index in [-0.39, 0.29) is 0 Å². The Morgan fingerprint density at radius 1 is 1.28 bits per heavy atom. The highest BCUT2D eigenvalue weighted by Gasteiger charge is 2.24. The lowest BCUT2D eigenvalue weighted by Gasteiger charge is -2.31. The second kappa shape index (κ2) is 8.55. The first-order valence-corrected chi connectivity index (χ1v) is 10.3. The van der Waals surface area contributed by atoms with Gasteiger partial charge in [0.15, 0.2) is 5.82 Å². The summed E-state index contributed by atoms with van der Waals surface area (Å²) in [7, 11) is 5.84. The lowest BCUT2D eigenvalue weighted by Crippen LogP contribution is -2.32. The average molecular weight is 398 g/mol. The van der Waals surface area contributed by atoms with Crippen molar-refractivity contribution < 1.29 is 9.15 Å². The summed E-state index contributed by atoms with van der Waals surface area (Å²) in [6, 6.07) is 6.35. The normalized spacial score (nSPS) is 16.0. The summed E-state index contributed by atoms with van der Waals surface area (Å²) in [6.45, 7) is 6.47. The van der Waals surface area contributed by atoms with Crippen LogP contribution in [-0.2, 0) is 18.3 Å². The fraction of sp³-hybridized carbons (Fsp3) is 0.545. The zero-order chi connectivity index (χ0) is 20.4. The molecule has 3 aromatic rings. The maximum atomic E-state index is 5.75. The molecule has 0 bridgehead atoms. The van der Waals surface area contributed by atoms with Crippen LogP contribution in [0, 0.1) is 6.92 Å². The first-order valence-electron chi connectivity index (χ1n) is 10.3. The van der Waals surface area contributed by atoms with Crippen molar-refractivity contribution >= 4 is 16.9 Å². The van der Waals surface area contributed by atoms with Gasteiger partial charge in [0, 0.05) is 39.4 Å². The lowest BCUT2D eigenvalue weighted by atomic mass is 9.92. The Labute approximate surface area is 172 Å². The second-order valence-electron chi connectivity index (χ2n) is 8.07. The van der Waals surface area contributed by atoms with Crippen LogP contribution in [0.25, 0.3) is 11.0 Å². The average Bonchev–Trinajstić information content (AvgIpc) is 3.31. The summed E-state index contributed by atoms with van der Waals surface area (Å²) in [5.74, 6) is 3.45. The van der Waals surface area contributed by atoms with Gasteiger partial charge in [-0.05, 0) is 51.1 Å². The Hall–Kier alpha value is -2.38. The molecule has 29 heavy (non-hydrogen) atoms. The van der Waals surface area contributed by atoms with E-state index in [4.69, 9.17) is 14.1 Å². The van der Waals surface area contributed by atoms with E-state index in [1.165, 1.54) is 5.69 Å². The van der Waals surface area contributed by atoms with E-state index >= 15 is 0 Å². The molecule has 1 fully saturated rings. The summed E-state index contributed by atoms with van der Waals surface area (Å²) in [6.07, 6.45) is 4.09. The van der Waals surface area contributed by atoms with E-state index in [0.29, 0.717) is 12.5 Å². The number of likely N-dealkylation sites (N-methyl/N-ethyl adjacent to an activating group) is 1. The van der Waals surface area contributed by atoms with Crippen molar-refractivity contribution in [3.63, 3.8) is 0 Å². The molecule has 1 saturated heterocycles. The van der Waals surface area contributed by atoms with Crippen molar-refractivity contribution in [2.45, 2.75) is 32.2 Å². The minimum atomic E-state index is 0.471. The summed E-state index contributed by atoms with van der Waals surface area (Å²) >= 11 is 0. The van der Waals surface area contributed by atoms with E-state index < -0.39 is 0 Å². The maximum absolute atomic E-state index is 5.75. The number of methoxy groups -OCH3 is 1. The van der Waals surface area contributed by atoms with Crippen molar-refractivity contribution in [3.8, 4) is 0 Å². The topological polar surface area (TPSA) is 59.6 Å². The summed E-state index contributed by atoms with van der Waals surface area (Å²) in [5, 5.41) is 0. The first-order chi connectivity index (χ1) is 14.0. The molecule has 0 aliphatic carbocycles. The molecule has 1 aliphatic heterocycles. The fourth-order valence-corrected chi connectivity index (χ4v) is 4.12. The van der Waals surface area contributed by atoms with Crippen LogP contribution in [-0.4, -0.2) is 59.8 Å². The summed E-state index contributed by atoms with van der Waals surface area (Å²) in [5.41, 5.74) is 3.28. The van der Waals surface area contributed by atoms with Crippen molar-refractivity contribution in [2.75, 3.05) is 45.3 Å². The van der Waals surface area contributed by atoms with Crippen LogP contribution in [0.2, 0.25) is 0 Å². The van der Waals surface area contributed by atoms with Crippen LogP contribution in [0.5, 0.6) is 0 Å². The highest BCUT2D eigenvalue weighted by atomic mass is 16.5. The molecule has 0 radical (unpaired) electrons. The molecule has 0 N–H and O–H groups in total. The second-order valence-corrected chi connectivity index (χ2v) is 8.07. The van der Waals surface area contributed by atoms with Gasteiger partial charge in [-0.25, -0.2) is 9.97 Å². The van der Waals surface area contributed by atoms with Gasteiger partial charge in [0.05, 0.1) is 25.0 Å². The van der Waals surface area contributed by atoms with Gasteiger partial charge >= 0.3 is 0 Å². The number of rotatable bonds is 7. The first kappa shape index (κ1) is 19.9. The van der Waals surface area contributed by atoms with Crippen LogP contribution < -0.4 is 4.90 Å². The fourth-order valence-electron chi connectivity index (χ4n) is 4.12. The monoisotopic (exact) mass is 397 g/mol. The Bertz CT molecular complexity index is 955. The van der Waals surface area contributed by atoms with Crippen molar-refractivity contribution in [1.82, 2.24) is 19.4 Å². The standard InChI is InChI=1S/C22H31N5O2/c1-16-5-6-18(29-16)14-27-9-7-17(8-10-27)19-13-20-21(23-15-26(20)3)22(24-19)25(2)11-12-28-4/h5-6,13,15,17H,7-12,14H2,1-4H3. The number of fused-ring (bicyclic) bond motifs is 1. The highest BCUT2D eigenvalue weighted by Crippen LogP contribution is 2.32. The third kappa shape index (κ3) is 4.31. The quantitative estimate of drug-likeness (QED) is 0.609. The third-order valence-corrected chi connectivity index (χ3v) is 5.89. The van der Waals surface area contributed by atoms with Crippen LogP contribution in [0.1, 0.15) is 36.0 Å². The number of piperidine rings is 1. The van der Waals surface area contributed by atoms with Gasteiger partial charge in [0.1, 0.15) is 17.0 Å². The number of furan rings is 1. The third-order valence-electron chi connectivity index (χ3n) is 5.89. The zero-order valence-corrected chi connectivity index (χ0v) is 17.9. The minimum Gasteiger partial charge on any atom is -0.465 e. The summed E-state index contributed by atoms with van der Waals surface area (Å²) < 4.78 is 13.1. The molecule has 156 valence electrons. The molecule has 0 unspecified atom stereocenters. The molecule has 0 aromatic carbocycles. The Morgan fingerprint density at radius 3 is 2.76 bits per heavy atom. The van der Waals surface area contributed by atoms with E-state index in [0.717, 1.165) is 67.4 Å². The Kier molecular flexibility index (Phi) is 5.87. The molecule has 7 heteroatoms. The molecule has 0 amide bonds. The molecule has 0 saturated carbocycles. The van der Waals surface area contributed by atoms with Gasteiger partial charge in [-0.3, -0.25) is 4.90 Å². The molecule has 3 aromatic heterocycles. The van der Waals surface area contributed by atoms with E-state index in [1.54, 1.807) is 7.11 Å². The number of ether oxygens (including phenoxy) is 1.